The van der Waals surface area contributed by atoms with Crippen LogP contribution in [0.2, 0.25) is 0 Å². The third-order valence-corrected chi connectivity index (χ3v) is 5.76. The molecule has 0 aliphatic carbocycles. The number of unbranched alkanes of at least 4 members (excludes halogenated alkanes) is 1. The van der Waals surface area contributed by atoms with E-state index in [0.717, 1.165) is 30.1 Å². The number of thiazole rings is 1. The minimum Gasteiger partial charge on any atom is -0.356 e. The molecule has 0 amide bonds. The Balaban J connectivity index is 0.00000338. The maximum Gasteiger partial charge on any atom is 0.191 e. The van der Waals surface area contributed by atoms with Gasteiger partial charge in [-0.25, -0.2) is 4.98 Å². The number of nitrogens with one attached hydrogen (secondary N) is 2. The quantitative estimate of drug-likeness (QED) is 0.247. The number of aromatic nitrogens is 1. The lowest BCUT2D eigenvalue weighted by Gasteiger charge is -2.33. The van der Waals surface area contributed by atoms with Crippen molar-refractivity contribution in [3.8, 4) is 0 Å². The third kappa shape index (κ3) is 8.08. The molecule has 150 valence electrons. The monoisotopic (exact) mass is 493 g/mol. The highest BCUT2D eigenvalue weighted by atomic mass is 127. The summed E-state index contributed by atoms with van der Waals surface area (Å²) in [6.07, 6.45) is 6.56. The van der Waals surface area contributed by atoms with Crippen molar-refractivity contribution in [1.82, 2.24) is 20.5 Å². The standard InChI is InChI=1S/C19H35N5S.HI/c1-15(2)17-14-25-18(23-17)13-22-19(20-4)21-10-6-8-12-24-11-7-5-9-16(24)3;/h14-16H,5-13H2,1-4H3,(H2,20,21,22);1H. The lowest BCUT2D eigenvalue weighted by molar-refractivity contribution is 0.158. The minimum absolute atomic E-state index is 0. The van der Waals surface area contributed by atoms with E-state index in [9.17, 15) is 0 Å². The summed E-state index contributed by atoms with van der Waals surface area (Å²) in [6, 6.07) is 0.769. The molecule has 0 aromatic carbocycles. The van der Waals surface area contributed by atoms with E-state index in [2.05, 4.69) is 51.7 Å². The first-order valence-electron chi connectivity index (χ1n) is 9.73. The Kier molecular flexibility index (Phi) is 11.7. The Morgan fingerprint density at radius 1 is 1.35 bits per heavy atom. The van der Waals surface area contributed by atoms with E-state index >= 15 is 0 Å². The lowest BCUT2D eigenvalue weighted by atomic mass is 10.0. The fourth-order valence-corrected chi connectivity index (χ4v) is 4.08. The highest BCUT2D eigenvalue weighted by Gasteiger charge is 2.16. The molecule has 5 nitrogen and oxygen atoms in total. The molecular formula is C19H36IN5S. The topological polar surface area (TPSA) is 52.6 Å². The van der Waals surface area contributed by atoms with Crippen LogP contribution in [0.3, 0.4) is 0 Å². The van der Waals surface area contributed by atoms with Gasteiger partial charge in [0.05, 0.1) is 12.2 Å². The Morgan fingerprint density at radius 2 is 2.15 bits per heavy atom. The molecule has 2 heterocycles. The van der Waals surface area contributed by atoms with Crippen molar-refractivity contribution < 1.29 is 0 Å². The zero-order valence-electron chi connectivity index (χ0n) is 16.8. The zero-order chi connectivity index (χ0) is 18.1. The van der Waals surface area contributed by atoms with Gasteiger partial charge in [0.2, 0.25) is 0 Å². The molecule has 1 aliphatic rings. The molecule has 1 atom stereocenters. The maximum absolute atomic E-state index is 4.65. The van der Waals surface area contributed by atoms with Crippen LogP contribution < -0.4 is 10.6 Å². The molecule has 1 aromatic rings. The number of rotatable bonds is 8. The molecule has 0 radical (unpaired) electrons. The van der Waals surface area contributed by atoms with Crippen LogP contribution in [-0.2, 0) is 6.54 Å². The smallest absolute Gasteiger partial charge is 0.191 e. The number of likely N-dealkylation sites (tertiary alicyclic amines) is 1. The molecule has 2 N–H and O–H groups in total. The second-order valence-corrected chi connectivity index (χ2v) is 8.20. The SMILES string of the molecule is CN=C(NCCCCN1CCCCC1C)NCc1nc(C(C)C)cs1.I. The summed E-state index contributed by atoms with van der Waals surface area (Å²) in [6.45, 7) is 10.9. The van der Waals surface area contributed by atoms with Crippen LogP contribution in [0.1, 0.15) is 69.5 Å². The van der Waals surface area contributed by atoms with Crippen molar-refractivity contribution in [1.29, 1.82) is 0 Å². The molecule has 7 heteroatoms. The van der Waals surface area contributed by atoms with Gasteiger partial charge in [0.25, 0.3) is 0 Å². The van der Waals surface area contributed by atoms with E-state index in [1.807, 2.05) is 7.05 Å². The molecule has 1 fully saturated rings. The second kappa shape index (κ2) is 12.9. The molecule has 1 aromatic heterocycles. The van der Waals surface area contributed by atoms with Gasteiger partial charge in [0.1, 0.15) is 5.01 Å². The second-order valence-electron chi connectivity index (χ2n) is 7.26. The summed E-state index contributed by atoms with van der Waals surface area (Å²) < 4.78 is 0. The summed E-state index contributed by atoms with van der Waals surface area (Å²) >= 11 is 1.72. The van der Waals surface area contributed by atoms with Crippen LogP contribution in [0.5, 0.6) is 0 Å². The normalized spacial score (nSPS) is 18.7. The molecule has 0 bridgehead atoms. The van der Waals surface area contributed by atoms with Crippen molar-refractivity contribution in [2.75, 3.05) is 26.7 Å². The molecule has 0 spiro atoms. The summed E-state index contributed by atoms with van der Waals surface area (Å²) in [5.74, 6) is 1.36. The van der Waals surface area contributed by atoms with Gasteiger partial charge in [-0.1, -0.05) is 20.3 Å². The number of guanidine groups is 1. The predicted octanol–water partition coefficient (Wildman–Crippen LogP) is 4.20. The van der Waals surface area contributed by atoms with E-state index in [1.54, 1.807) is 11.3 Å². The average Bonchev–Trinajstić information content (AvgIpc) is 3.08. The first kappa shape index (κ1) is 23.6. The van der Waals surface area contributed by atoms with E-state index in [1.165, 1.54) is 50.9 Å². The van der Waals surface area contributed by atoms with Gasteiger partial charge < -0.3 is 15.5 Å². The lowest BCUT2D eigenvalue weighted by Crippen LogP contribution is -2.39. The highest BCUT2D eigenvalue weighted by Crippen LogP contribution is 2.18. The molecule has 2 rings (SSSR count). The molecule has 0 saturated carbocycles. The Hall–Kier alpha value is -0.410. The van der Waals surface area contributed by atoms with Gasteiger partial charge in [-0.2, -0.15) is 0 Å². The number of hydrogen-bond acceptors (Lipinski definition) is 4. The van der Waals surface area contributed by atoms with Crippen molar-refractivity contribution in [2.24, 2.45) is 4.99 Å². The van der Waals surface area contributed by atoms with Crippen molar-refractivity contribution in [2.45, 2.75) is 71.4 Å². The van der Waals surface area contributed by atoms with Gasteiger partial charge in [-0.05, 0) is 51.6 Å². The zero-order valence-corrected chi connectivity index (χ0v) is 19.9. The Morgan fingerprint density at radius 3 is 2.81 bits per heavy atom. The largest absolute Gasteiger partial charge is 0.356 e. The fourth-order valence-electron chi connectivity index (χ4n) is 3.19. The number of aliphatic imine (C=N–C) groups is 1. The van der Waals surface area contributed by atoms with E-state index in [4.69, 9.17) is 0 Å². The van der Waals surface area contributed by atoms with Gasteiger partial charge in [-0.15, -0.1) is 35.3 Å². The van der Waals surface area contributed by atoms with Crippen molar-refractivity contribution >= 4 is 41.3 Å². The Labute approximate surface area is 180 Å². The van der Waals surface area contributed by atoms with E-state index < -0.39 is 0 Å². The average molecular weight is 494 g/mol. The fraction of sp³-hybridized carbons (Fsp3) is 0.789. The molecule has 26 heavy (non-hydrogen) atoms. The van der Waals surface area contributed by atoms with Crippen molar-refractivity contribution in [3.63, 3.8) is 0 Å². The maximum atomic E-state index is 4.65. The first-order chi connectivity index (χ1) is 12.1. The predicted molar refractivity (Wildman–Crippen MR) is 124 cm³/mol. The highest BCUT2D eigenvalue weighted by molar-refractivity contribution is 14.0. The molecule has 1 unspecified atom stereocenters. The first-order valence-corrected chi connectivity index (χ1v) is 10.6. The van der Waals surface area contributed by atoms with E-state index in [0.29, 0.717) is 5.92 Å². The van der Waals surface area contributed by atoms with E-state index in [-0.39, 0.29) is 24.0 Å². The van der Waals surface area contributed by atoms with Gasteiger partial charge in [-0.3, -0.25) is 4.99 Å². The Bertz CT molecular complexity index is 532. The summed E-state index contributed by atoms with van der Waals surface area (Å²) in [4.78, 5) is 11.6. The number of piperidine rings is 1. The number of nitrogens with zero attached hydrogens (tertiary/aromatic N) is 3. The minimum atomic E-state index is 0. The van der Waals surface area contributed by atoms with Gasteiger partial charge in [0.15, 0.2) is 5.96 Å². The van der Waals surface area contributed by atoms with Gasteiger partial charge in [0, 0.05) is 25.0 Å². The number of hydrogen-bond donors (Lipinski definition) is 2. The summed E-state index contributed by atoms with van der Waals surface area (Å²) in [5.41, 5.74) is 1.18. The van der Waals surface area contributed by atoms with Crippen molar-refractivity contribution in [3.05, 3.63) is 16.1 Å². The van der Waals surface area contributed by atoms with Gasteiger partial charge >= 0.3 is 0 Å². The van der Waals surface area contributed by atoms with Crippen LogP contribution in [-0.4, -0.2) is 48.6 Å². The van der Waals surface area contributed by atoms with Crippen LogP contribution >= 0.6 is 35.3 Å². The van der Waals surface area contributed by atoms with Crippen LogP contribution in [0.25, 0.3) is 0 Å². The molecular weight excluding hydrogens is 457 g/mol. The van der Waals surface area contributed by atoms with Crippen LogP contribution in [0.15, 0.2) is 10.4 Å². The molecule has 1 aliphatic heterocycles. The third-order valence-electron chi connectivity index (χ3n) is 4.90. The number of halogens is 1. The van der Waals surface area contributed by atoms with Crippen LogP contribution in [0, 0.1) is 0 Å². The summed E-state index contributed by atoms with van der Waals surface area (Å²) in [5, 5.41) is 10.0. The van der Waals surface area contributed by atoms with Crippen LogP contribution in [0.4, 0.5) is 0 Å². The summed E-state index contributed by atoms with van der Waals surface area (Å²) in [7, 11) is 1.83. The molecule has 1 saturated heterocycles.